The van der Waals surface area contributed by atoms with Gasteiger partial charge in [0.05, 0.1) is 12.2 Å². The molecule has 0 fully saturated rings. The molecule has 0 aliphatic heterocycles. The molecule has 0 aromatic carbocycles. The molecule has 2 N–H and O–H groups in total. The van der Waals surface area contributed by atoms with Crippen LogP contribution in [0.25, 0.3) is 0 Å². The van der Waals surface area contributed by atoms with Crippen molar-refractivity contribution in [3.8, 4) is 0 Å². The Morgan fingerprint density at radius 3 is 1.83 bits per heavy atom. The van der Waals surface area contributed by atoms with Gasteiger partial charge < -0.3 is 10.2 Å². The Bertz CT molecular complexity index is 85.3. The van der Waals surface area contributed by atoms with Gasteiger partial charge >= 0.3 is 0 Å². The molecule has 0 aliphatic carbocycles. The largest absolute Gasteiger partial charge is 0.391 e. The highest BCUT2D eigenvalue weighted by Crippen LogP contribution is 1.85. The van der Waals surface area contributed by atoms with Crippen LogP contribution in [0.3, 0.4) is 0 Å². The Hall–Kier alpha value is -0.0800. The first-order valence-corrected chi connectivity index (χ1v) is 1.52. The second-order valence-corrected chi connectivity index (χ2v) is 0.981. The number of hydrogen-bond donors (Lipinski definition) is 2. The van der Waals surface area contributed by atoms with Gasteiger partial charge in [-0.1, -0.05) is 0 Å². The van der Waals surface area contributed by atoms with Gasteiger partial charge in [0.25, 0.3) is 0 Å². The van der Waals surface area contributed by atoms with Crippen LogP contribution in [0.5, 0.6) is 0 Å². The maximum atomic E-state index is 8.70. The van der Waals surface area contributed by atoms with E-state index in [4.69, 9.17) is 15.7 Å². The summed E-state index contributed by atoms with van der Waals surface area (Å²) in [4.78, 5) is 0. The van der Waals surface area contributed by atoms with Crippen LogP contribution in [0.1, 0.15) is 19.2 Å². The number of aliphatic hydroxyl groups is 2. The second kappa shape index (κ2) is 2.16. The Balaban J connectivity index is 3.81. The van der Waals surface area contributed by atoms with E-state index in [9.17, 15) is 0 Å². The molecular weight excluding hydrogens is 80.0 g/mol. The molecule has 0 bridgehead atoms. The van der Waals surface area contributed by atoms with Gasteiger partial charge in [-0.15, -0.1) is 0 Å². The van der Waals surface area contributed by atoms with Crippen LogP contribution in [0.2, 0.25) is 0 Å². The zero-order valence-corrected chi connectivity index (χ0v) is 3.20. The molecule has 0 saturated heterocycles. The monoisotopic (exact) mass is 94.1 g/mol. The van der Waals surface area contributed by atoms with E-state index < -0.39 is 26.0 Å². The molecular formula is C4H10O2. The van der Waals surface area contributed by atoms with E-state index in [1.807, 2.05) is 0 Å². The molecule has 38 valence electrons. The molecule has 0 amide bonds. The molecule has 2 nitrogen and oxygen atoms in total. The fourth-order valence-electron chi connectivity index (χ4n) is 0. The minimum atomic E-state index is -1.63. The van der Waals surface area contributed by atoms with Crippen molar-refractivity contribution in [3.63, 3.8) is 0 Å². The molecule has 0 aromatic heterocycles. The fourth-order valence-corrected chi connectivity index (χ4v) is 0. The van der Waals surface area contributed by atoms with Crippen molar-refractivity contribution < 1.29 is 15.7 Å². The van der Waals surface area contributed by atoms with Crippen LogP contribution in [0.4, 0.5) is 0 Å². The predicted octanol–water partition coefficient (Wildman–Crippen LogP) is -0.252. The van der Waals surface area contributed by atoms with Crippen molar-refractivity contribution in [2.75, 3.05) is 0 Å². The Kier molecular flexibility index (Phi) is 0.648. The maximum Gasteiger partial charge on any atom is 0.0768 e. The zero-order valence-electron chi connectivity index (χ0n) is 7.20. The van der Waals surface area contributed by atoms with Crippen molar-refractivity contribution in [1.82, 2.24) is 0 Å². The van der Waals surface area contributed by atoms with E-state index in [0.29, 0.717) is 0 Å². The molecule has 0 heterocycles. The van der Waals surface area contributed by atoms with E-state index in [1.54, 1.807) is 0 Å². The lowest BCUT2D eigenvalue weighted by Gasteiger charge is -2.03. The highest BCUT2D eigenvalue weighted by atomic mass is 16.3. The summed E-state index contributed by atoms with van der Waals surface area (Å²) < 4.78 is 26.4. The first-order chi connectivity index (χ1) is 4.46. The van der Waals surface area contributed by atoms with Gasteiger partial charge in [-0.05, 0) is 13.8 Å². The van der Waals surface area contributed by atoms with Gasteiger partial charge in [0, 0.05) is 5.48 Å². The van der Waals surface area contributed by atoms with Crippen LogP contribution in [-0.2, 0) is 0 Å². The van der Waals surface area contributed by atoms with Crippen molar-refractivity contribution in [3.05, 3.63) is 0 Å². The topological polar surface area (TPSA) is 40.5 Å². The molecule has 0 saturated carbocycles. The summed E-state index contributed by atoms with van der Waals surface area (Å²) in [6, 6.07) is 0. The number of rotatable bonds is 1. The first kappa shape index (κ1) is 1.80. The number of aliphatic hydroxyl groups excluding tert-OH is 2. The average molecular weight is 94.1 g/mol. The molecule has 0 unspecified atom stereocenters. The molecule has 0 aliphatic rings. The van der Waals surface area contributed by atoms with Crippen LogP contribution >= 0.6 is 0 Å². The minimum absolute atomic E-state index is 1.60. The SMILES string of the molecule is [2H]C([2H])[C@@H](O)[C@H](O)C([2H])[2H]. The van der Waals surface area contributed by atoms with E-state index in [2.05, 4.69) is 0 Å². The molecule has 2 heteroatoms. The highest BCUT2D eigenvalue weighted by molar-refractivity contribution is 4.50. The van der Waals surface area contributed by atoms with Gasteiger partial charge in [-0.2, -0.15) is 0 Å². The van der Waals surface area contributed by atoms with Gasteiger partial charge in [-0.3, -0.25) is 0 Å². The van der Waals surface area contributed by atoms with Crippen molar-refractivity contribution in [1.29, 1.82) is 0 Å². The van der Waals surface area contributed by atoms with Crippen molar-refractivity contribution in [2.24, 2.45) is 0 Å². The zero-order chi connectivity index (χ0) is 8.31. The summed E-state index contributed by atoms with van der Waals surface area (Å²) >= 11 is 0. The van der Waals surface area contributed by atoms with Crippen LogP contribution in [-0.4, -0.2) is 22.4 Å². The van der Waals surface area contributed by atoms with E-state index in [-0.39, 0.29) is 0 Å². The minimum Gasteiger partial charge on any atom is -0.391 e. The number of hydrogen-bond acceptors (Lipinski definition) is 2. The Morgan fingerprint density at radius 1 is 1.33 bits per heavy atom. The third-order valence-corrected chi connectivity index (χ3v) is 0.350. The first-order valence-electron chi connectivity index (χ1n) is 3.83. The van der Waals surface area contributed by atoms with Crippen molar-refractivity contribution >= 4 is 0 Å². The van der Waals surface area contributed by atoms with E-state index in [0.717, 1.165) is 0 Å². The molecule has 0 rings (SSSR count). The smallest absolute Gasteiger partial charge is 0.0768 e. The van der Waals surface area contributed by atoms with E-state index in [1.165, 1.54) is 0 Å². The average Bonchev–Trinajstić information content (AvgIpc) is 1.84. The van der Waals surface area contributed by atoms with Crippen LogP contribution < -0.4 is 0 Å². The summed E-state index contributed by atoms with van der Waals surface area (Å²) in [7, 11) is 0. The van der Waals surface area contributed by atoms with Gasteiger partial charge in [0.15, 0.2) is 0 Å². The lowest BCUT2D eigenvalue weighted by Crippen LogP contribution is -2.17. The fraction of sp³-hybridized carbons (Fsp3) is 1.00. The van der Waals surface area contributed by atoms with Crippen LogP contribution in [0, 0.1) is 0 Å². The van der Waals surface area contributed by atoms with Crippen LogP contribution in [0.15, 0.2) is 0 Å². The highest BCUT2D eigenvalue weighted by Gasteiger charge is 1.99. The third-order valence-electron chi connectivity index (χ3n) is 0.350. The summed E-state index contributed by atoms with van der Waals surface area (Å²) in [5, 5.41) is 17.4. The summed E-state index contributed by atoms with van der Waals surface area (Å²) in [6.07, 6.45) is -3.25. The summed E-state index contributed by atoms with van der Waals surface area (Å²) in [5.74, 6) is 0. The van der Waals surface area contributed by atoms with Crippen molar-refractivity contribution in [2.45, 2.75) is 26.0 Å². The molecule has 0 aromatic rings. The summed E-state index contributed by atoms with van der Waals surface area (Å²) in [5.41, 5.74) is 0. The van der Waals surface area contributed by atoms with E-state index >= 15 is 0 Å². The Labute approximate surface area is 43.0 Å². The second-order valence-electron chi connectivity index (χ2n) is 0.981. The van der Waals surface area contributed by atoms with Gasteiger partial charge in [0.2, 0.25) is 0 Å². The predicted molar refractivity (Wildman–Crippen MR) is 23.4 cm³/mol. The molecule has 6 heavy (non-hydrogen) atoms. The molecule has 2 atom stereocenters. The normalized spacial score (nSPS) is 30.7. The Morgan fingerprint density at radius 2 is 1.67 bits per heavy atom. The lowest BCUT2D eigenvalue weighted by atomic mass is 10.3. The summed E-state index contributed by atoms with van der Waals surface area (Å²) in [6.45, 7) is -3.21. The van der Waals surface area contributed by atoms with Gasteiger partial charge in [0.1, 0.15) is 0 Å². The molecule has 0 spiro atoms. The standard InChI is InChI=1S/C4H10O2/c1-3(5)4(2)6/h3-6H,1-2H3/t3-,4-/m1/s1/i1D2,2D2. The van der Waals surface area contributed by atoms with Gasteiger partial charge in [-0.25, -0.2) is 0 Å². The third kappa shape index (κ3) is 2.18. The maximum absolute atomic E-state index is 8.70. The quantitative estimate of drug-likeness (QED) is 0.470. The lowest BCUT2D eigenvalue weighted by molar-refractivity contribution is 0.0438. The molecule has 0 radical (unpaired) electrons.